The van der Waals surface area contributed by atoms with Crippen molar-refractivity contribution in [3.63, 3.8) is 0 Å². The Morgan fingerprint density at radius 2 is 1.81 bits per heavy atom. The molecule has 0 aliphatic carbocycles. The van der Waals surface area contributed by atoms with Gasteiger partial charge in [-0.2, -0.15) is 12.6 Å². The van der Waals surface area contributed by atoms with E-state index in [1.807, 2.05) is 31.2 Å². The summed E-state index contributed by atoms with van der Waals surface area (Å²) in [6, 6.07) is 7.60. The van der Waals surface area contributed by atoms with Gasteiger partial charge in [0, 0.05) is 11.8 Å². The first-order chi connectivity index (χ1) is 7.86. The van der Waals surface area contributed by atoms with E-state index >= 15 is 0 Å². The molecular formula is C12H18O3S. The number of hydrogen-bond acceptors (Lipinski definition) is 4. The predicted molar refractivity (Wildman–Crippen MR) is 67.8 cm³/mol. The second-order valence-corrected chi connectivity index (χ2v) is 3.54. The maximum absolute atomic E-state index is 5.51. The molecule has 0 atom stereocenters. The first-order valence-electron chi connectivity index (χ1n) is 5.41. The van der Waals surface area contributed by atoms with Crippen LogP contribution >= 0.6 is 12.6 Å². The van der Waals surface area contributed by atoms with Crippen LogP contribution < -0.4 is 9.47 Å². The highest BCUT2D eigenvalue weighted by Gasteiger charge is 1.97. The van der Waals surface area contributed by atoms with E-state index < -0.39 is 0 Å². The monoisotopic (exact) mass is 242 g/mol. The molecule has 4 heteroatoms. The van der Waals surface area contributed by atoms with E-state index in [0.717, 1.165) is 17.3 Å². The Balaban J connectivity index is 2.27. The summed E-state index contributed by atoms with van der Waals surface area (Å²) in [4.78, 5) is 0. The Bertz CT molecular complexity index is 291. The normalized spacial score (nSPS) is 10.1. The van der Waals surface area contributed by atoms with Crippen LogP contribution in [0.5, 0.6) is 11.5 Å². The summed E-state index contributed by atoms with van der Waals surface area (Å²) in [5, 5.41) is 0. The second kappa shape index (κ2) is 8.30. The highest BCUT2D eigenvalue weighted by Crippen LogP contribution is 2.19. The van der Waals surface area contributed by atoms with Crippen molar-refractivity contribution in [2.45, 2.75) is 6.92 Å². The van der Waals surface area contributed by atoms with E-state index in [2.05, 4.69) is 12.6 Å². The van der Waals surface area contributed by atoms with Crippen molar-refractivity contribution >= 4 is 12.6 Å². The SMILES string of the molecule is CCOc1cccc(OCCOCCS)c1. The van der Waals surface area contributed by atoms with Gasteiger partial charge in [0.15, 0.2) is 0 Å². The molecule has 0 radical (unpaired) electrons. The van der Waals surface area contributed by atoms with Crippen LogP contribution in [0.1, 0.15) is 6.92 Å². The first kappa shape index (κ1) is 13.2. The molecule has 0 N–H and O–H groups in total. The number of benzene rings is 1. The lowest BCUT2D eigenvalue weighted by molar-refractivity contribution is 0.112. The smallest absolute Gasteiger partial charge is 0.123 e. The molecule has 0 saturated heterocycles. The van der Waals surface area contributed by atoms with Crippen molar-refractivity contribution in [2.24, 2.45) is 0 Å². The van der Waals surface area contributed by atoms with Crippen LogP contribution in [0.4, 0.5) is 0 Å². The van der Waals surface area contributed by atoms with Crippen LogP contribution in [0.15, 0.2) is 24.3 Å². The van der Waals surface area contributed by atoms with Crippen LogP contribution in [0, 0.1) is 0 Å². The van der Waals surface area contributed by atoms with Gasteiger partial charge in [-0.15, -0.1) is 0 Å². The van der Waals surface area contributed by atoms with E-state index in [1.54, 1.807) is 0 Å². The molecule has 0 amide bonds. The molecule has 1 aromatic rings. The average Bonchev–Trinajstić information content (AvgIpc) is 2.30. The third-order valence-corrected chi connectivity index (χ3v) is 2.03. The van der Waals surface area contributed by atoms with Crippen LogP contribution in [0.3, 0.4) is 0 Å². The van der Waals surface area contributed by atoms with Gasteiger partial charge in [0.1, 0.15) is 18.1 Å². The fourth-order valence-electron chi connectivity index (χ4n) is 1.21. The summed E-state index contributed by atoms with van der Waals surface area (Å²) in [5.74, 6) is 2.37. The molecule has 0 aliphatic rings. The van der Waals surface area contributed by atoms with Crippen molar-refractivity contribution in [3.8, 4) is 11.5 Å². The summed E-state index contributed by atoms with van der Waals surface area (Å²) >= 11 is 4.05. The van der Waals surface area contributed by atoms with Crippen molar-refractivity contribution in [1.82, 2.24) is 0 Å². The molecule has 0 aliphatic heterocycles. The number of thiol groups is 1. The number of hydrogen-bond donors (Lipinski definition) is 1. The number of ether oxygens (including phenoxy) is 3. The van der Waals surface area contributed by atoms with Crippen LogP contribution in [-0.2, 0) is 4.74 Å². The standard InChI is InChI=1S/C12H18O3S/c1-2-14-11-4-3-5-12(10-11)15-7-6-13-8-9-16/h3-5,10,16H,2,6-9H2,1H3. The zero-order valence-corrected chi connectivity index (χ0v) is 10.4. The van der Waals surface area contributed by atoms with Crippen LogP contribution in [-0.4, -0.2) is 32.2 Å². The minimum Gasteiger partial charge on any atom is -0.494 e. The highest BCUT2D eigenvalue weighted by atomic mass is 32.1. The Hall–Kier alpha value is -0.870. The topological polar surface area (TPSA) is 27.7 Å². The number of rotatable bonds is 8. The lowest BCUT2D eigenvalue weighted by atomic mass is 10.3. The Labute approximate surface area is 102 Å². The molecule has 0 unspecified atom stereocenters. The Kier molecular flexibility index (Phi) is 6.85. The third kappa shape index (κ3) is 5.28. The van der Waals surface area contributed by atoms with Crippen molar-refractivity contribution in [3.05, 3.63) is 24.3 Å². The minimum absolute atomic E-state index is 0.545. The van der Waals surface area contributed by atoms with Gasteiger partial charge in [0.2, 0.25) is 0 Å². The van der Waals surface area contributed by atoms with E-state index in [0.29, 0.717) is 26.4 Å². The molecule has 0 spiro atoms. The van der Waals surface area contributed by atoms with E-state index in [1.165, 1.54) is 0 Å². The summed E-state index contributed by atoms with van der Waals surface area (Å²) in [7, 11) is 0. The van der Waals surface area contributed by atoms with Gasteiger partial charge >= 0.3 is 0 Å². The van der Waals surface area contributed by atoms with Gasteiger partial charge in [0.05, 0.1) is 19.8 Å². The molecule has 16 heavy (non-hydrogen) atoms. The predicted octanol–water partition coefficient (Wildman–Crippen LogP) is 2.41. The summed E-state index contributed by atoms with van der Waals surface area (Å²) in [6.07, 6.45) is 0. The minimum atomic E-state index is 0.545. The summed E-state index contributed by atoms with van der Waals surface area (Å²) < 4.78 is 16.1. The molecule has 0 heterocycles. The third-order valence-electron chi connectivity index (χ3n) is 1.85. The van der Waals surface area contributed by atoms with Gasteiger partial charge < -0.3 is 14.2 Å². The molecule has 0 aromatic heterocycles. The van der Waals surface area contributed by atoms with Gasteiger partial charge in [-0.1, -0.05) is 6.07 Å². The molecule has 0 fully saturated rings. The lowest BCUT2D eigenvalue weighted by Crippen LogP contribution is -2.08. The van der Waals surface area contributed by atoms with Gasteiger partial charge in [0.25, 0.3) is 0 Å². The van der Waals surface area contributed by atoms with E-state index in [9.17, 15) is 0 Å². The van der Waals surface area contributed by atoms with Gasteiger partial charge in [-0.3, -0.25) is 0 Å². The fraction of sp³-hybridized carbons (Fsp3) is 0.500. The Morgan fingerprint density at radius 3 is 2.50 bits per heavy atom. The summed E-state index contributed by atoms with van der Waals surface area (Å²) in [5.41, 5.74) is 0. The maximum Gasteiger partial charge on any atom is 0.123 e. The lowest BCUT2D eigenvalue weighted by Gasteiger charge is -2.08. The van der Waals surface area contributed by atoms with Gasteiger partial charge in [-0.25, -0.2) is 0 Å². The van der Waals surface area contributed by atoms with Gasteiger partial charge in [-0.05, 0) is 19.1 Å². The molecule has 1 rings (SSSR count). The molecule has 90 valence electrons. The summed E-state index contributed by atoms with van der Waals surface area (Å²) in [6.45, 7) is 4.40. The average molecular weight is 242 g/mol. The van der Waals surface area contributed by atoms with Crippen LogP contribution in [0.25, 0.3) is 0 Å². The second-order valence-electron chi connectivity index (χ2n) is 3.09. The molecule has 0 saturated carbocycles. The van der Waals surface area contributed by atoms with Crippen molar-refractivity contribution in [1.29, 1.82) is 0 Å². The highest BCUT2D eigenvalue weighted by molar-refractivity contribution is 7.80. The first-order valence-corrected chi connectivity index (χ1v) is 6.04. The quantitative estimate of drug-likeness (QED) is 0.560. The van der Waals surface area contributed by atoms with E-state index in [4.69, 9.17) is 14.2 Å². The van der Waals surface area contributed by atoms with Crippen molar-refractivity contribution < 1.29 is 14.2 Å². The van der Waals surface area contributed by atoms with Crippen LogP contribution in [0.2, 0.25) is 0 Å². The molecular weight excluding hydrogens is 224 g/mol. The largest absolute Gasteiger partial charge is 0.494 e. The molecule has 0 bridgehead atoms. The van der Waals surface area contributed by atoms with E-state index in [-0.39, 0.29) is 0 Å². The Morgan fingerprint density at radius 1 is 1.06 bits per heavy atom. The zero-order chi connectivity index (χ0) is 11.6. The molecule has 3 nitrogen and oxygen atoms in total. The zero-order valence-electron chi connectivity index (χ0n) is 9.52. The van der Waals surface area contributed by atoms with Crippen molar-refractivity contribution in [2.75, 3.05) is 32.2 Å². The molecule has 1 aromatic carbocycles. The maximum atomic E-state index is 5.51. The fourth-order valence-corrected chi connectivity index (χ4v) is 1.33.